The lowest BCUT2D eigenvalue weighted by atomic mass is 9.96. The summed E-state index contributed by atoms with van der Waals surface area (Å²) in [6.45, 7) is 5.83. The van der Waals surface area contributed by atoms with E-state index in [9.17, 15) is 14.0 Å². The summed E-state index contributed by atoms with van der Waals surface area (Å²) in [7, 11) is 1.59. The number of methoxy groups -OCH3 is 1. The summed E-state index contributed by atoms with van der Waals surface area (Å²) in [4.78, 5) is 30.8. The molecule has 1 aliphatic carbocycles. The van der Waals surface area contributed by atoms with Crippen molar-refractivity contribution in [3.05, 3.63) is 29.6 Å². The number of carbonyl (C=O) groups excluding carboxylic acids is 2. The van der Waals surface area contributed by atoms with E-state index < -0.39 is 5.54 Å². The average molecular weight is 390 g/mol. The van der Waals surface area contributed by atoms with Crippen LogP contribution in [0, 0.1) is 11.7 Å². The summed E-state index contributed by atoms with van der Waals surface area (Å²) in [6.07, 6.45) is 2.00. The van der Waals surface area contributed by atoms with Crippen molar-refractivity contribution in [1.29, 1.82) is 0 Å². The summed E-state index contributed by atoms with van der Waals surface area (Å²) >= 11 is 0. The monoisotopic (exact) mass is 390 g/mol. The van der Waals surface area contributed by atoms with Gasteiger partial charge in [0.1, 0.15) is 17.1 Å². The second kappa shape index (κ2) is 7.33. The fourth-order valence-corrected chi connectivity index (χ4v) is 4.18. The summed E-state index contributed by atoms with van der Waals surface area (Å²) in [5.74, 6) is 0.577. The third-order valence-corrected chi connectivity index (χ3v) is 6.14. The van der Waals surface area contributed by atoms with Gasteiger partial charge in [-0.3, -0.25) is 14.6 Å². The molecule has 2 aliphatic heterocycles. The SMILES string of the molecule is COc1ccc(F)cc1CN1CCN(CN2C(=O)NC(C)(C3CC3)C2=O)CC1. The molecule has 0 aromatic heterocycles. The van der Waals surface area contributed by atoms with Gasteiger partial charge in [0.05, 0.1) is 13.8 Å². The number of halogens is 1. The molecule has 3 aliphatic rings. The van der Waals surface area contributed by atoms with Gasteiger partial charge in [0.15, 0.2) is 0 Å². The molecule has 1 saturated carbocycles. The van der Waals surface area contributed by atoms with Crippen LogP contribution < -0.4 is 10.1 Å². The summed E-state index contributed by atoms with van der Waals surface area (Å²) in [5.41, 5.74) is 0.0950. The Kier molecular flexibility index (Phi) is 5.01. The Morgan fingerprint density at radius 2 is 1.86 bits per heavy atom. The molecule has 1 atom stereocenters. The predicted octanol–water partition coefficient (Wildman–Crippen LogP) is 1.63. The van der Waals surface area contributed by atoms with Crippen LogP contribution in [0.15, 0.2) is 18.2 Å². The van der Waals surface area contributed by atoms with Crippen molar-refractivity contribution in [2.75, 3.05) is 40.0 Å². The smallest absolute Gasteiger partial charge is 0.326 e. The fraction of sp³-hybridized carbons (Fsp3) is 0.600. The average Bonchev–Trinajstić information content (AvgIpc) is 3.49. The highest BCUT2D eigenvalue weighted by atomic mass is 19.1. The second-order valence-corrected chi connectivity index (χ2v) is 8.13. The maximum absolute atomic E-state index is 13.6. The maximum Gasteiger partial charge on any atom is 0.326 e. The molecular weight excluding hydrogens is 363 g/mol. The van der Waals surface area contributed by atoms with Gasteiger partial charge in [-0.05, 0) is 43.9 Å². The van der Waals surface area contributed by atoms with Crippen LogP contribution in [0.2, 0.25) is 0 Å². The summed E-state index contributed by atoms with van der Waals surface area (Å²) in [5, 5.41) is 2.89. The van der Waals surface area contributed by atoms with E-state index in [1.54, 1.807) is 13.2 Å². The lowest BCUT2D eigenvalue weighted by Crippen LogP contribution is -2.51. The van der Waals surface area contributed by atoms with Crippen LogP contribution >= 0.6 is 0 Å². The number of ether oxygens (including phenoxy) is 1. The quantitative estimate of drug-likeness (QED) is 0.748. The normalized spacial score (nSPS) is 26.6. The first-order chi connectivity index (χ1) is 13.4. The van der Waals surface area contributed by atoms with E-state index in [1.165, 1.54) is 17.0 Å². The number of urea groups is 1. The van der Waals surface area contributed by atoms with E-state index in [2.05, 4.69) is 15.1 Å². The molecule has 4 rings (SSSR count). The summed E-state index contributed by atoms with van der Waals surface area (Å²) < 4.78 is 18.9. The minimum Gasteiger partial charge on any atom is -0.496 e. The van der Waals surface area contributed by atoms with Gasteiger partial charge in [-0.1, -0.05) is 0 Å². The molecule has 152 valence electrons. The molecule has 28 heavy (non-hydrogen) atoms. The number of nitrogens with zero attached hydrogens (tertiary/aromatic N) is 3. The zero-order valence-corrected chi connectivity index (χ0v) is 16.4. The number of imide groups is 1. The predicted molar refractivity (Wildman–Crippen MR) is 101 cm³/mol. The van der Waals surface area contributed by atoms with E-state index >= 15 is 0 Å². The first kappa shape index (κ1) is 19.1. The zero-order valence-electron chi connectivity index (χ0n) is 16.4. The number of benzene rings is 1. The van der Waals surface area contributed by atoms with Crippen molar-refractivity contribution >= 4 is 11.9 Å². The molecular formula is C20H27FN4O3. The molecule has 3 amide bonds. The highest BCUT2D eigenvalue weighted by Crippen LogP contribution is 2.42. The van der Waals surface area contributed by atoms with E-state index in [0.717, 1.165) is 44.6 Å². The molecule has 1 unspecified atom stereocenters. The van der Waals surface area contributed by atoms with Crippen LogP contribution in [0.3, 0.4) is 0 Å². The third kappa shape index (κ3) is 3.58. The molecule has 8 heteroatoms. The lowest BCUT2D eigenvalue weighted by molar-refractivity contribution is -0.133. The maximum atomic E-state index is 13.6. The summed E-state index contributed by atoms with van der Waals surface area (Å²) in [6, 6.07) is 4.27. The molecule has 0 bridgehead atoms. The number of nitrogens with one attached hydrogen (secondary N) is 1. The van der Waals surface area contributed by atoms with E-state index in [0.29, 0.717) is 19.0 Å². The zero-order chi connectivity index (χ0) is 19.9. The minimum atomic E-state index is -0.729. The Hall–Kier alpha value is -2.19. The van der Waals surface area contributed by atoms with Gasteiger partial charge in [0.2, 0.25) is 0 Å². The molecule has 1 aromatic carbocycles. The number of hydrogen-bond donors (Lipinski definition) is 1. The third-order valence-electron chi connectivity index (χ3n) is 6.14. The highest BCUT2D eigenvalue weighted by Gasteiger charge is 2.56. The van der Waals surface area contributed by atoms with Crippen LogP contribution in [0.5, 0.6) is 5.75 Å². The van der Waals surface area contributed by atoms with Gasteiger partial charge < -0.3 is 10.1 Å². The van der Waals surface area contributed by atoms with Gasteiger partial charge in [-0.25, -0.2) is 14.1 Å². The Morgan fingerprint density at radius 1 is 1.18 bits per heavy atom. The number of amides is 3. The van der Waals surface area contributed by atoms with Gasteiger partial charge in [0.25, 0.3) is 5.91 Å². The molecule has 0 radical (unpaired) electrons. The Bertz CT molecular complexity index is 777. The largest absolute Gasteiger partial charge is 0.496 e. The molecule has 1 aromatic rings. The van der Waals surface area contributed by atoms with Gasteiger partial charge in [0, 0.05) is 38.3 Å². The second-order valence-electron chi connectivity index (χ2n) is 8.13. The fourth-order valence-electron chi connectivity index (χ4n) is 4.18. The van der Waals surface area contributed by atoms with E-state index in [4.69, 9.17) is 4.74 Å². The molecule has 7 nitrogen and oxygen atoms in total. The first-order valence-electron chi connectivity index (χ1n) is 9.82. The highest BCUT2D eigenvalue weighted by molar-refractivity contribution is 6.07. The van der Waals surface area contributed by atoms with Crippen LogP contribution in [0.25, 0.3) is 0 Å². The molecule has 2 heterocycles. The number of piperazine rings is 1. The van der Waals surface area contributed by atoms with Crippen LogP contribution in [0.4, 0.5) is 9.18 Å². The minimum absolute atomic E-state index is 0.105. The van der Waals surface area contributed by atoms with Crippen molar-refractivity contribution in [3.8, 4) is 5.75 Å². The Labute approximate surface area is 164 Å². The van der Waals surface area contributed by atoms with Crippen molar-refractivity contribution in [2.45, 2.75) is 31.8 Å². The number of hydrogen-bond acceptors (Lipinski definition) is 5. The first-order valence-corrected chi connectivity index (χ1v) is 9.82. The molecule has 1 N–H and O–H groups in total. The van der Waals surface area contributed by atoms with Gasteiger partial charge in [-0.2, -0.15) is 0 Å². The van der Waals surface area contributed by atoms with E-state index in [1.807, 2.05) is 6.92 Å². The van der Waals surface area contributed by atoms with Crippen molar-refractivity contribution in [3.63, 3.8) is 0 Å². The van der Waals surface area contributed by atoms with Crippen LogP contribution in [-0.4, -0.2) is 72.1 Å². The molecule has 3 fully saturated rings. The number of rotatable bonds is 6. The van der Waals surface area contributed by atoms with Crippen LogP contribution in [0.1, 0.15) is 25.3 Å². The Morgan fingerprint density at radius 3 is 2.50 bits per heavy atom. The van der Waals surface area contributed by atoms with Crippen LogP contribution in [-0.2, 0) is 11.3 Å². The van der Waals surface area contributed by atoms with Gasteiger partial charge in [-0.15, -0.1) is 0 Å². The van der Waals surface area contributed by atoms with Crippen molar-refractivity contribution in [2.24, 2.45) is 5.92 Å². The topological polar surface area (TPSA) is 65.1 Å². The lowest BCUT2D eigenvalue weighted by Gasteiger charge is -2.36. The van der Waals surface area contributed by atoms with Crippen molar-refractivity contribution < 1.29 is 18.7 Å². The molecule has 0 spiro atoms. The Balaban J connectivity index is 1.32. The van der Waals surface area contributed by atoms with Crippen molar-refractivity contribution in [1.82, 2.24) is 20.0 Å². The standard InChI is InChI=1S/C20H27FN4O3/c1-20(15-3-4-15)18(26)25(19(27)22-20)13-24-9-7-23(8-10-24)12-14-11-16(21)5-6-17(14)28-2/h5-6,11,15H,3-4,7-10,12-13H2,1-2H3,(H,22,27). The van der Waals surface area contributed by atoms with Gasteiger partial charge >= 0.3 is 6.03 Å². The molecule has 2 saturated heterocycles. The van der Waals surface area contributed by atoms with E-state index in [-0.39, 0.29) is 23.7 Å². The number of carbonyl (C=O) groups is 2.